The number of likely N-dealkylation sites (tertiary alicyclic amines) is 1. The van der Waals surface area contributed by atoms with Crippen LogP contribution >= 0.6 is 11.6 Å². The molecule has 2 aromatic carbocycles. The zero-order chi connectivity index (χ0) is 36.2. The number of hydrogen-bond donors (Lipinski definition) is 1. The molecule has 2 atom stereocenters. The number of amides is 5. The Balaban J connectivity index is 1.00. The number of carbonyl (C=O) groups is 5. The topological polar surface area (TPSA) is 110 Å². The fraction of sp³-hybridized carbons (Fsp3) is 0.500. The van der Waals surface area contributed by atoms with Crippen LogP contribution in [0.1, 0.15) is 84.2 Å². The molecule has 0 spiro atoms. The van der Waals surface area contributed by atoms with Gasteiger partial charge in [0.2, 0.25) is 17.7 Å². The van der Waals surface area contributed by atoms with Crippen molar-refractivity contribution < 1.29 is 32.8 Å². The highest BCUT2D eigenvalue weighted by Gasteiger charge is 2.50. The quantitative estimate of drug-likeness (QED) is 0.447. The summed E-state index contributed by atoms with van der Waals surface area (Å²) in [5, 5.41) is 2.89. The Morgan fingerprint density at radius 2 is 1.61 bits per heavy atom. The normalized spacial score (nSPS) is 25.2. The predicted molar refractivity (Wildman–Crippen MR) is 186 cm³/mol. The fourth-order valence-corrected chi connectivity index (χ4v) is 8.52. The van der Waals surface area contributed by atoms with E-state index < -0.39 is 48.2 Å². The van der Waals surface area contributed by atoms with Gasteiger partial charge in [-0.1, -0.05) is 49.7 Å². The van der Waals surface area contributed by atoms with Gasteiger partial charge in [-0.05, 0) is 72.4 Å². The van der Waals surface area contributed by atoms with E-state index in [4.69, 9.17) is 11.6 Å². The van der Waals surface area contributed by atoms with Crippen LogP contribution in [0.5, 0.6) is 0 Å². The molecule has 1 N–H and O–H groups in total. The Bertz CT molecular complexity index is 1820. The van der Waals surface area contributed by atoms with E-state index in [2.05, 4.69) is 19.2 Å². The van der Waals surface area contributed by atoms with Crippen LogP contribution in [-0.2, 0) is 20.9 Å². The molecule has 0 saturated carbocycles. The maximum atomic E-state index is 15.9. The van der Waals surface area contributed by atoms with E-state index in [0.29, 0.717) is 43.2 Å². The number of fused-ring (bicyclic) bond motifs is 1. The summed E-state index contributed by atoms with van der Waals surface area (Å²) in [5.74, 6) is -5.40. The number of rotatable bonds is 5. The Morgan fingerprint density at radius 3 is 2.29 bits per heavy atom. The second kappa shape index (κ2) is 13.4. The average molecular weight is 722 g/mol. The van der Waals surface area contributed by atoms with Crippen LogP contribution in [0.2, 0.25) is 5.02 Å². The van der Waals surface area contributed by atoms with Crippen LogP contribution < -0.4 is 5.32 Å². The first-order valence-electron chi connectivity index (χ1n) is 17.7. The molecule has 5 amide bonds. The summed E-state index contributed by atoms with van der Waals surface area (Å²) in [5.41, 5.74) is 3.53. The molecule has 10 nitrogen and oxygen atoms in total. The van der Waals surface area contributed by atoms with Gasteiger partial charge in [-0.3, -0.25) is 34.2 Å². The number of piperazine rings is 1. The first kappa shape index (κ1) is 35.3. The monoisotopic (exact) mass is 721 g/mol. The summed E-state index contributed by atoms with van der Waals surface area (Å²) < 4.78 is 31.8. The number of allylic oxidation sites excluding steroid dienone is 1. The molecule has 4 aliphatic heterocycles. The summed E-state index contributed by atoms with van der Waals surface area (Å²) in [6, 6.07) is 10.4. The van der Waals surface area contributed by atoms with Crippen LogP contribution in [0.25, 0.3) is 5.57 Å². The summed E-state index contributed by atoms with van der Waals surface area (Å²) in [6.07, 6.45) is 2.61. The molecule has 13 heteroatoms. The summed E-state index contributed by atoms with van der Waals surface area (Å²) >= 11 is 6.14. The van der Waals surface area contributed by atoms with E-state index in [1.54, 1.807) is 21.9 Å². The van der Waals surface area contributed by atoms with Gasteiger partial charge >= 0.3 is 0 Å². The van der Waals surface area contributed by atoms with Crippen LogP contribution in [0.4, 0.5) is 8.78 Å². The number of benzene rings is 2. The lowest BCUT2D eigenvalue weighted by atomic mass is 9.72. The molecule has 0 bridgehead atoms. The standard InChI is InChI=1S/C38H42ClF2N5O5/c1-37(2)14-12-26(28(20-37)23-6-8-25(39)9-7-23)34(49)44-18-16-43(17-19-44)30-13-15-45(22-38(30,40)41)35(50)27-5-3-4-24-21-46(36(51)32(24)27)29-10-11-31(47)42-33(29)48/h3-9,29-30H,10-22H2,1-2H3,(H,42,47,48). The number of carbonyl (C=O) groups excluding carboxylic acids is 5. The van der Waals surface area contributed by atoms with Crippen LogP contribution in [0.15, 0.2) is 48.0 Å². The number of halogens is 3. The molecule has 2 aromatic rings. The van der Waals surface area contributed by atoms with Crippen molar-refractivity contribution in [2.24, 2.45) is 5.41 Å². The number of alkyl halides is 2. The van der Waals surface area contributed by atoms with Crippen molar-refractivity contribution >= 4 is 46.7 Å². The van der Waals surface area contributed by atoms with Crippen LogP contribution in [0.3, 0.4) is 0 Å². The minimum absolute atomic E-state index is 0.0343. The number of nitrogens with zero attached hydrogens (tertiary/aromatic N) is 4. The smallest absolute Gasteiger partial charge is 0.280 e. The molecule has 2 unspecified atom stereocenters. The molecular weight excluding hydrogens is 680 g/mol. The van der Waals surface area contributed by atoms with Gasteiger partial charge in [0.05, 0.1) is 23.7 Å². The molecule has 1 aliphatic carbocycles. The van der Waals surface area contributed by atoms with Crippen molar-refractivity contribution in [2.75, 3.05) is 39.3 Å². The van der Waals surface area contributed by atoms with E-state index in [0.717, 1.165) is 34.5 Å². The van der Waals surface area contributed by atoms with Crippen molar-refractivity contribution in [3.63, 3.8) is 0 Å². The number of hydrogen-bond acceptors (Lipinski definition) is 6. The molecule has 7 rings (SSSR count). The second-order valence-corrected chi connectivity index (χ2v) is 15.6. The average Bonchev–Trinajstić information content (AvgIpc) is 3.43. The molecule has 3 fully saturated rings. The highest BCUT2D eigenvalue weighted by Crippen LogP contribution is 2.44. The second-order valence-electron chi connectivity index (χ2n) is 15.2. The molecule has 51 heavy (non-hydrogen) atoms. The van der Waals surface area contributed by atoms with E-state index >= 15 is 8.78 Å². The molecule has 3 saturated heterocycles. The van der Waals surface area contributed by atoms with Gasteiger partial charge in [-0.25, -0.2) is 8.78 Å². The lowest BCUT2D eigenvalue weighted by Crippen LogP contribution is -2.63. The lowest BCUT2D eigenvalue weighted by Gasteiger charge is -2.46. The number of nitrogens with one attached hydrogen (secondary N) is 1. The zero-order valence-electron chi connectivity index (χ0n) is 28.9. The third-order valence-electron chi connectivity index (χ3n) is 11.2. The SMILES string of the molecule is CC1(C)CCC(C(=O)N2CCN(C3CCN(C(=O)c4cccc5c4C(=O)N(C4CCC(=O)NC4=O)C5)CC3(F)F)CC2)=C(c2ccc(Cl)cc2)C1. The highest BCUT2D eigenvalue weighted by molar-refractivity contribution is 6.30. The maximum absolute atomic E-state index is 15.9. The Kier molecular flexibility index (Phi) is 9.28. The summed E-state index contributed by atoms with van der Waals surface area (Å²) in [6.45, 7) is 5.03. The largest absolute Gasteiger partial charge is 0.336 e. The molecule has 0 aromatic heterocycles. The number of imide groups is 1. The van der Waals surface area contributed by atoms with Crippen LogP contribution in [0, 0.1) is 5.41 Å². The third kappa shape index (κ3) is 6.80. The maximum Gasteiger partial charge on any atom is 0.280 e. The first-order valence-corrected chi connectivity index (χ1v) is 18.1. The van der Waals surface area contributed by atoms with E-state index in [1.165, 1.54) is 11.0 Å². The molecule has 270 valence electrons. The van der Waals surface area contributed by atoms with E-state index in [-0.39, 0.29) is 54.8 Å². The highest BCUT2D eigenvalue weighted by atomic mass is 35.5. The lowest BCUT2D eigenvalue weighted by molar-refractivity contribution is -0.138. The van der Waals surface area contributed by atoms with Crippen LogP contribution in [-0.4, -0.2) is 106 Å². The fourth-order valence-electron chi connectivity index (χ4n) is 8.39. The Hall–Kier alpha value is -4.16. The van der Waals surface area contributed by atoms with Crippen molar-refractivity contribution in [1.29, 1.82) is 0 Å². The minimum atomic E-state index is -3.22. The van der Waals surface area contributed by atoms with Crippen molar-refractivity contribution in [3.05, 3.63) is 75.3 Å². The first-order chi connectivity index (χ1) is 24.2. The number of piperidine rings is 2. The summed E-state index contributed by atoms with van der Waals surface area (Å²) in [7, 11) is 0. The van der Waals surface area contributed by atoms with Gasteiger partial charge < -0.3 is 14.7 Å². The van der Waals surface area contributed by atoms with Crippen molar-refractivity contribution in [1.82, 2.24) is 24.9 Å². The van der Waals surface area contributed by atoms with Crippen molar-refractivity contribution in [2.45, 2.75) is 76.9 Å². The molecule has 5 aliphatic rings. The van der Waals surface area contributed by atoms with Crippen molar-refractivity contribution in [3.8, 4) is 0 Å². The Labute approximate surface area is 300 Å². The molecule has 0 radical (unpaired) electrons. The minimum Gasteiger partial charge on any atom is -0.336 e. The zero-order valence-corrected chi connectivity index (χ0v) is 29.6. The van der Waals surface area contributed by atoms with Gasteiger partial charge in [0.1, 0.15) is 6.04 Å². The molecular formula is C38H42ClF2N5O5. The van der Waals surface area contributed by atoms with Gasteiger partial charge in [0.15, 0.2) is 0 Å². The van der Waals surface area contributed by atoms with Gasteiger partial charge in [-0.2, -0.15) is 0 Å². The van der Waals surface area contributed by atoms with Gasteiger partial charge in [0.25, 0.3) is 17.7 Å². The summed E-state index contributed by atoms with van der Waals surface area (Å²) in [4.78, 5) is 71.3. The van der Waals surface area contributed by atoms with Gasteiger partial charge in [0, 0.05) is 56.3 Å². The van der Waals surface area contributed by atoms with Gasteiger partial charge in [-0.15, -0.1) is 0 Å². The molecule has 4 heterocycles. The third-order valence-corrected chi connectivity index (χ3v) is 11.4. The predicted octanol–water partition coefficient (Wildman–Crippen LogP) is 4.76. The Morgan fingerprint density at radius 1 is 0.882 bits per heavy atom. The van der Waals surface area contributed by atoms with E-state index in [9.17, 15) is 24.0 Å². The van der Waals surface area contributed by atoms with E-state index in [1.807, 2.05) is 24.3 Å².